The molecule has 2 unspecified atom stereocenters. The zero-order valence-corrected chi connectivity index (χ0v) is 11.8. The molecule has 2 atom stereocenters. The Morgan fingerprint density at radius 2 is 2.47 bits per heavy atom. The number of ether oxygens (including phenoxy) is 1. The fourth-order valence-electron chi connectivity index (χ4n) is 2.47. The topological polar surface area (TPSA) is 51.1 Å². The van der Waals surface area contributed by atoms with Crippen molar-refractivity contribution in [3.8, 4) is 0 Å². The molecule has 0 amide bonds. The molecular formula is C14H26N4O. The predicted molar refractivity (Wildman–Crippen MR) is 76.2 cm³/mol. The summed E-state index contributed by atoms with van der Waals surface area (Å²) in [6, 6.07) is 1.06. The van der Waals surface area contributed by atoms with Crippen LogP contribution >= 0.6 is 0 Å². The Morgan fingerprint density at radius 3 is 3.21 bits per heavy atom. The Morgan fingerprint density at radius 1 is 1.53 bits per heavy atom. The summed E-state index contributed by atoms with van der Waals surface area (Å²) in [6.45, 7) is 7.10. The summed E-state index contributed by atoms with van der Waals surface area (Å²) in [7, 11) is 0. The van der Waals surface area contributed by atoms with Crippen molar-refractivity contribution in [2.45, 2.75) is 44.8 Å². The highest BCUT2D eigenvalue weighted by atomic mass is 16.5. The molecule has 5 heteroatoms. The molecule has 0 bridgehead atoms. The Kier molecular flexibility index (Phi) is 6.33. The largest absolute Gasteiger partial charge is 0.379 e. The summed E-state index contributed by atoms with van der Waals surface area (Å²) >= 11 is 0. The van der Waals surface area contributed by atoms with E-state index in [9.17, 15) is 0 Å². The molecule has 2 heterocycles. The normalized spacial score (nSPS) is 21.4. The van der Waals surface area contributed by atoms with E-state index in [2.05, 4.69) is 27.1 Å². The molecule has 5 nitrogen and oxygen atoms in total. The van der Waals surface area contributed by atoms with Gasteiger partial charge in [-0.25, -0.2) is 4.98 Å². The SMILES string of the molecule is CC(CC1COCCN1)NCCCCn1ccnc1. The average molecular weight is 266 g/mol. The summed E-state index contributed by atoms with van der Waals surface area (Å²) < 4.78 is 7.60. The molecule has 0 spiro atoms. The van der Waals surface area contributed by atoms with Gasteiger partial charge in [0.15, 0.2) is 0 Å². The van der Waals surface area contributed by atoms with E-state index in [1.54, 1.807) is 0 Å². The van der Waals surface area contributed by atoms with Gasteiger partial charge in [0.05, 0.1) is 19.5 Å². The maximum atomic E-state index is 5.47. The van der Waals surface area contributed by atoms with Gasteiger partial charge in [0.1, 0.15) is 0 Å². The number of aryl methyl sites for hydroxylation is 1. The maximum absolute atomic E-state index is 5.47. The molecule has 0 aliphatic carbocycles. The molecule has 1 aliphatic rings. The van der Waals surface area contributed by atoms with Gasteiger partial charge in [-0.15, -0.1) is 0 Å². The summed E-state index contributed by atoms with van der Waals surface area (Å²) in [5.74, 6) is 0. The fourth-order valence-corrected chi connectivity index (χ4v) is 2.47. The van der Waals surface area contributed by atoms with Crippen molar-refractivity contribution in [1.82, 2.24) is 20.2 Å². The first-order valence-electron chi connectivity index (χ1n) is 7.35. The van der Waals surface area contributed by atoms with Crippen LogP contribution in [-0.4, -0.2) is 47.9 Å². The van der Waals surface area contributed by atoms with E-state index in [1.165, 1.54) is 12.8 Å². The highest BCUT2D eigenvalue weighted by Gasteiger charge is 2.15. The number of nitrogens with one attached hydrogen (secondary N) is 2. The highest BCUT2D eigenvalue weighted by molar-refractivity contribution is 4.76. The van der Waals surface area contributed by atoms with Gasteiger partial charge < -0.3 is 19.9 Å². The van der Waals surface area contributed by atoms with E-state index in [-0.39, 0.29) is 0 Å². The van der Waals surface area contributed by atoms with E-state index in [4.69, 9.17) is 4.74 Å². The number of morpholine rings is 1. The summed E-state index contributed by atoms with van der Waals surface area (Å²) in [5.41, 5.74) is 0. The first-order chi connectivity index (χ1) is 9.34. The number of nitrogens with zero attached hydrogens (tertiary/aromatic N) is 2. The van der Waals surface area contributed by atoms with Crippen molar-refractivity contribution in [2.75, 3.05) is 26.3 Å². The molecule has 0 aromatic carbocycles. The van der Waals surface area contributed by atoms with E-state index in [1.807, 2.05) is 18.7 Å². The zero-order valence-electron chi connectivity index (χ0n) is 11.8. The van der Waals surface area contributed by atoms with Gasteiger partial charge in [-0.2, -0.15) is 0 Å². The molecule has 1 fully saturated rings. The van der Waals surface area contributed by atoms with E-state index in [0.717, 1.165) is 39.3 Å². The fraction of sp³-hybridized carbons (Fsp3) is 0.786. The van der Waals surface area contributed by atoms with Crippen LogP contribution in [0.1, 0.15) is 26.2 Å². The molecule has 1 aromatic rings. The lowest BCUT2D eigenvalue weighted by atomic mass is 10.1. The zero-order chi connectivity index (χ0) is 13.3. The van der Waals surface area contributed by atoms with Crippen molar-refractivity contribution in [3.05, 3.63) is 18.7 Å². The molecule has 108 valence electrons. The molecule has 1 saturated heterocycles. The Balaban J connectivity index is 1.48. The molecule has 2 rings (SSSR count). The number of hydrogen-bond donors (Lipinski definition) is 2. The molecule has 1 aliphatic heterocycles. The van der Waals surface area contributed by atoms with Crippen LogP contribution in [0.4, 0.5) is 0 Å². The van der Waals surface area contributed by atoms with Crippen LogP contribution in [0.5, 0.6) is 0 Å². The lowest BCUT2D eigenvalue weighted by Gasteiger charge is -2.26. The van der Waals surface area contributed by atoms with Crippen molar-refractivity contribution in [2.24, 2.45) is 0 Å². The van der Waals surface area contributed by atoms with Gasteiger partial charge in [-0.3, -0.25) is 0 Å². The van der Waals surface area contributed by atoms with E-state index >= 15 is 0 Å². The van der Waals surface area contributed by atoms with Crippen LogP contribution in [-0.2, 0) is 11.3 Å². The molecule has 0 saturated carbocycles. The second kappa shape index (κ2) is 8.30. The standard InChI is InChI=1S/C14H26N4O/c1-13(10-14-11-19-9-6-17-14)16-4-2-3-7-18-8-5-15-12-18/h5,8,12-14,16-17H,2-4,6-7,9-11H2,1H3. The maximum Gasteiger partial charge on any atom is 0.0945 e. The molecule has 19 heavy (non-hydrogen) atoms. The molecule has 1 aromatic heterocycles. The van der Waals surface area contributed by atoms with E-state index in [0.29, 0.717) is 12.1 Å². The number of rotatable bonds is 8. The number of unbranched alkanes of at least 4 members (excludes halogenated alkanes) is 1. The Hall–Kier alpha value is -0.910. The quantitative estimate of drug-likeness (QED) is 0.690. The van der Waals surface area contributed by atoms with Gasteiger partial charge in [-0.1, -0.05) is 0 Å². The van der Waals surface area contributed by atoms with Crippen LogP contribution in [0.2, 0.25) is 0 Å². The number of hydrogen-bond acceptors (Lipinski definition) is 4. The second-order valence-corrected chi connectivity index (χ2v) is 5.32. The van der Waals surface area contributed by atoms with Gasteiger partial charge >= 0.3 is 0 Å². The lowest BCUT2D eigenvalue weighted by molar-refractivity contribution is 0.0712. The molecular weight excluding hydrogens is 240 g/mol. The van der Waals surface area contributed by atoms with Crippen molar-refractivity contribution < 1.29 is 4.74 Å². The van der Waals surface area contributed by atoms with Crippen LogP contribution in [0.15, 0.2) is 18.7 Å². The first kappa shape index (κ1) is 14.5. The second-order valence-electron chi connectivity index (χ2n) is 5.32. The minimum atomic E-state index is 0.516. The van der Waals surface area contributed by atoms with Crippen LogP contribution in [0.3, 0.4) is 0 Å². The third-order valence-electron chi connectivity index (χ3n) is 3.53. The average Bonchev–Trinajstić information content (AvgIpc) is 2.92. The van der Waals surface area contributed by atoms with Gasteiger partial charge in [0.25, 0.3) is 0 Å². The smallest absolute Gasteiger partial charge is 0.0945 e. The van der Waals surface area contributed by atoms with Crippen LogP contribution < -0.4 is 10.6 Å². The monoisotopic (exact) mass is 266 g/mol. The molecule has 2 N–H and O–H groups in total. The van der Waals surface area contributed by atoms with E-state index < -0.39 is 0 Å². The summed E-state index contributed by atoms with van der Waals surface area (Å²) in [4.78, 5) is 4.04. The minimum absolute atomic E-state index is 0.516. The Labute approximate surface area is 115 Å². The Bertz CT molecular complexity index is 322. The molecule has 0 radical (unpaired) electrons. The summed E-state index contributed by atoms with van der Waals surface area (Å²) in [6.07, 6.45) is 9.27. The third-order valence-corrected chi connectivity index (χ3v) is 3.53. The number of imidazole rings is 1. The van der Waals surface area contributed by atoms with Gasteiger partial charge in [0, 0.05) is 37.6 Å². The van der Waals surface area contributed by atoms with Crippen molar-refractivity contribution in [3.63, 3.8) is 0 Å². The van der Waals surface area contributed by atoms with Crippen molar-refractivity contribution >= 4 is 0 Å². The number of aromatic nitrogens is 2. The summed E-state index contributed by atoms with van der Waals surface area (Å²) in [5, 5.41) is 7.08. The predicted octanol–water partition coefficient (Wildman–Crippen LogP) is 1.02. The van der Waals surface area contributed by atoms with Crippen molar-refractivity contribution in [1.29, 1.82) is 0 Å². The first-order valence-corrected chi connectivity index (χ1v) is 7.35. The van der Waals surface area contributed by atoms with Crippen LogP contribution in [0.25, 0.3) is 0 Å². The third kappa shape index (κ3) is 5.72. The van der Waals surface area contributed by atoms with Gasteiger partial charge in [0.2, 0.25) is 0 Å². The lowest BCUT2D eigenvalue weighted by Crippen LogP contribution is -2.45. The highest BCUT2D eigenvalue weighted by Crippen LogP contribution is 2.03. The van der Waals surface area contributed by atoms with Crippen LogP contribution in [0, 0.1) is 0 Å². The minimum Gasteiger partial charge on any atom is -0.379 e. The van der Waals surface area contributed by atoms with Gasteiger partial charge in [-0.05, 0) is 32.7 Å².